The summed E-state index contributed by atoms with van der Waals surface area (Å²) in [7, 11) is 1.62. The van der Waals surface area contributed by atoms with Crippen LogP contribution in [0.1, 0.15) is 16.8 Å². The monoisotopic (exact) mass is 460 g/mol. The highest BCUT2D eigenvalue weighted by Gasteiger charge is 2.34. The lowest BCUT2D eigenvalue weighted by Crippen LogP contribution is -2.43. The molecule has 0 unspecified atom stereocenters. The molecule has 1 atom stereocenters. The Morgan fingerprint density at radius 2 is 1.82 bits per heavy atom. The molecule has 2 amide bonds. The van der Waals surface area contributed by atoms with E-state index in [2.05, 4.69) is 26.2 Å². The first-order valence-electron chi connectivity index (χ1n) is 8.23. The van der Waals surface area contributed by atoms with Gasteiger partial charge in [0.2, 0.25) is 11.8 Å². The van der Waals surface area contributed by atoms with Crippen LogP contribution in [0.3, 0.4) is 0 Å². The number of rotatable bonds is 4. The lowest BCUT2D eigenvalue weighted by atomic mass is 10.2. The average Bonchev–Trinajstić information content (AvgIpc) is 2.67. The predicted molar refractivity (Wildman–Crippen MR) is 109 cm³/mol. The number of amides is 2. The highest BCUT2D eigenvalue weighted by molar-refractivity contribution is 9.10. The Balaban J connectivity index is 1.74. The SMILES string of the molecule is CN1C(=O)C[C@H](C(=O)Nc2ccc(C(=O)[O-])cc2)SC1=Nc1ccc(Br)cc1. The lowest BCUT2D eigenvalue weighted by molar-refractivity contribution is -0.255. The molecular weight excluding hydrogens is 446 g/mol. The minimum Gasteiger partial charge on any atom is -0.545 e. The van der Waals surface area contributed by atoms with Gasteiger partial charge in [0, 0.05) is 23.6 Å². The summed E-state index contributed by atoms with van der Waals surface area (Å²) in [6, 6.07) is 12.9. The summed E-state index contributed by atoms with van der Waals surface area (Å²) in [6.45, 7) is 0. The predicted octanol–water partition coefficient (Wildman–Crippen LogP) is 2.40. The second-order valence-electron chi connectivity index (χ2n) is 5.99. The van der Waals surface area contributed by atoms with E-state index in [1.165, 1.54) is 40.9 Å². The summed E-state index contributed by atoms with van der Waals surface area (Å²) in [5.41, 5.74) is 1.13. The first-order valence-corrected chi connectivity index (χ1v) is 9.90. The van der Waals surface area contributed by atoms with Gasteiger partial charge in [-0.2, -0.15) is 0 Å². The Morgan fingerprint density at radius 1 is 1.18 bits per heavy atom. The number of thioether (sulfide) groups is 1. The number of amidine groups is 1. The summed E-state index contributed by atoms with van der Waals surface area (Å²) in [6.07, 6.45) is 0.0451. The summed E-state index contributed by atoms with van der Waals surface area (Å²) in [5, 5.41) is 13.3. The van der Waals surface area contributed by atoms with E-state index in [1.54, 1.807) is 19.2 Å². The van der Waals surface area contributed by atoms with E-state index in [-0.39, 0.29) is 23.8 Å². The van der Waals surface area contributed by atoms with Gasteiger partial charge in [-0.1, -0.05) is 39.8 Å². The van der Waals surface area contributed by atoms with Crippen molar-refractivity contribution in [2.24, 2.45) is 4.99 Å². The molecule has 2 aromatic carbocycles. The van der Waals surface area contributed by atoms with Gasteiger partial charge in [-0.3, -0.25) is 14.5 Å². The minimum atomic E-state index is -1.29. The largest absolute Gasteiger partial charge is 0.545 e. The zero-order valence-electron chi connectivity index (χ0n) is 14.7. The van der Waals surface area contributed by atoms with E-state index < -0.39 is 11.2 Å². The van der Waals surface area contributed by atoms with Gasteiger partial charge >= 0.3 is 0 Å². The van der Waals surface area contributed by atoms with Crippen LogP contribution in [-0.2, 0) is 9.59 Å². The third kappa shape index (κ3) is 4.79. The summed E-state index contributed by atoms with van der Waals surface area (Å²) < 4.78 is 0.916. The second kappa shape index (κ2) is 8.57. The molecular formula is C19H15BrN3O4S-. The van der Waals surface area contributed by atoms with Crippen molar-refractivity contribution in [2.75, 3.05) is 12.4 Å². The molecule has 1 aliphatic heterocycles. The smallest absolute Gasteiger partial charge is 0.238 e. The fourth-order valence-electron chi connectivity index (χ4n) is 2.44. The highest BCUT2D eigenvalue weighted by atomic mass is 79.9. The van der Waals surface area contributed by atoms with Gasteiger partial charge in [-0.15, -0.1) is 0 Å². The van der Waals surface area contributed by atoms with Gasteiger partial charge in [0.25, 0.3) is 0 Å². The van der Waals surface area contributed by atoms with Gasteiger partial charge in [0.05, 0.1) is 11.7 Å². The number of carbonyl (C=O) groups is 3. The number of carboxylic acid groups (broad SMARTS) is 1. The molecule has 28 heavy (non-hydrogen) atoms. The number of anilines is 1. The number of hydrogen-bond acceptors (Lipinski definition) is 6. The maximum atomic E-state index is 12.6. The number of carbonyl (C=O) groups excluding carboxylic acids is 3. The fourth-order valence-corrected chi connectivity index (χ4v) is 3.76. The molecule has 2 aromatic rings. The second-order valence-corrected chi connectivity index (χ2v) is 8.07. The van der Waals surface area contributed by atoms with Gasteiger partial charge in [0.1, 0.15) is 5.25 Å². The van der Waals surface area contributed by atoms with Gasteiger partial charge < -0.3 is 15.2 Å². The highest BCUT2D eigenvalue weighted by Crippen LogP contribution is 2.29. The fraction of sp³-hybridized carbons (Fsp3) is 0.158. The Labute approximate surface area is 174 Å². The molecule has 1 heterocycles. The molecule has 1 N–H and O–H groups in total. The maximum absolute atomic E-state index is 12.6. The molecule has 0 spiro atoms. The number of nitrogens with one attached hydrogen (secondary N) is 1. The van der Waals surface area contributed by atoms with Gasteiger partial charge in [-0.05, 0) is 42.0 Å². The van der Waals surface area contributed by atoms with Crippen molar-refractivity contribution in [2.45, 2.75) is 11.7 Å². The van der Waals surface area contributed by atoms with Crippen LogP contribution < -0.4 is 10.4 Å². The van der Waals surface area contributed by atoms with E-state index in [0.29, 0.717) is 16.5 Å². The molecule has 7 nitrogen and oxygen atoms in total. The summed E-state index contributed by atoms with van der Waals surface area (Å²) >= 11 is 4.56. The normalized spacial score (nSPS) is 18.2. The van der Waals surface area contributed by atoms with Gasteiger partial charge in [0.15, 0.2) is 5.17 Å². The van der Waals surface area contributed by atoms with E-state index in [1.807, 2.05) is 12.1 Å². The van der Waals surface area contributed by atoms with Crippen molar-refractivity contribution < 1.29 is 19.5 Å². The van der Waals surface area contributed by atoms with E-state index in [9.17, 15) is 19.5 Å². The van der Waals surface area contributed by atoms with Crippen LogP contribution in [0.15, 0.2) is 58.0 Å². The first-order chi connectivity index (χ1) is 13.3. The molecule has 144 valence electrons. The number of nitrogens with zero attached hydrogens (tertiary/aromatic N) is 2. The van der Waals surface area contributed by atoms with Crippen LogP contribution in [0.25, 0.3) is 0 Å². The third-order valence-corrected chi connectivity index (χ3v) is 5.77. The van der Waals surface area contributed by atoms with Crippen LogP contribution in [0, 0.1) is 0 Å². The summed E-state index contributed by atoms with van der Waals surface area (Å²) in [4.78, 5) is 41.6. The van der Waals surface area contributed by atoms with Crippen molar-refractivity contribution in [3.63, 3.8) is 0 Å². The first kappa shape index (κ1) is 20.1. The Kier molecular flexibility index (Phi) is 6.15. The van der Waals surface area contributed by atoms with Crippen LogP contribution in [0.4, 0.5) is 11.4 Å². The van der Waals surface area contributed by atoms with Crippen molar-refractivity contribution >= 4 is 62.0 Å². The lowest BCUT2D eigenvalue weighted by Gasteiger charge is -2.28. The van der Waals surface area contributed by atoms with Crippen molar-refractivity contribution in [3.8, 4) is 0 Å². The number of halogens is 1. The van der Waals surface area contributed by atoms with E-state index >= 15 is 0 Å². The number of aromatic carboxylic acids is 1. The van der Waals surface area contributed by atoms with Crippen LogP contribution in [0.2, 0.25) is 0 Å². The molecule has 1 saturated heterocycles. The van der Waals surface area contributed by atoms with E-state index in [4.69, 9.17) is 0 Å². The molecule has 1 aliphatic rings. The van der Waals surface area contributed by atoms with Gasteiger partial charge in [-0.25, -0.2) is 4.99 Å². The molecule has 0 bridgehead atoms. The number of benzene rings is 2. The zero-order valence-corrected chi connectivity index (χ0v) is 17.1. The molecule has 0 saturated carbocycles. The molecule has 9 heteroatoms. The van der Waals surface area contributed by atoms with Crippen molar-refractivity contribution in [3.05, 3.63) is 58.6 Å². The number of hydrogen-bond donors (Lipinski definition) is 1. The quantitative estimate of drug-likeness (QED) is 0.754. The van der Waals surface area contributed by atoms with Crippen molar-refractivity contribution in [1.29, 1.82) is 0 Å². The molecule has 0 aromatic heterocycles. The van der Waals surface area contributed by atoms with Crippen molar-refractivity contribution in [1.82, 2.24) is 4.90 Å². The Bertz CT molecular complexity index is 945. The number of aliphatic imine (C=N–C) groups is 1. The molecule has 1 fully saturated rings. The number of carboxylic acids is 1. The molecule has 0 radical (unpaired) electrons. The molecule has 3 rings (SSSR count). The van der Waals surface area contributed by atoms with Crippen LogP contribution in [0.5, 0.6) is 0 Å². The Hall–Kier alpha value is -2.65. The maximum Gasteiger partial charge on any atom is 0.238 e. The zero-order chi connectivity index (χ0) is 20.3. The summed E-state index contributed by atoms with van der Waals surface area (Å²) in [5.74, 6) is -1.85. The molecule has 0 aliphatic carbocycles. The topological polar surface area (TPSA) is 102 Å². The third-order valence-electron chi connectivity index (χ3n) is 4.00. The van der Waals surface area contributed by atoms with Crippen LogP contribution >= 0.6 is 27.7 Å². The Morgan fingerprint density at radius 3 is 2.43 bits per heavy atom. The average molecular weight is 461 g/mol. The van der Waals surface area contributed by atoms with E-state index in [0.717, 1.165) is 4.47 Å². The minimum absolute atomic E-state index is 0.0192. The standard InChI is InChI=1S/C19H16BrN3O4S/c1-23-16(24)10-15(28-19(23)22-14-8-4-12(20)5-9-14)17(25)21-13-6-2-11(3-7-13)18(26)27/h2-9,15H,10H2,1H3,(H,21,25)(H,26,27)/p-1/t15-/m1/s1. The van der Waals surface area contributed by atoms with Crippen LogP contribution in [-0.4, -0.2) is 40.1 Å².